The van der Waals surface area contributed by atoms with Gasteiger partial charge in [-0.25, -0.2) is 8.42 Å². The van der Waals surface area contributed by atoms with Gasteiger partial charge < -0.3 is 5.32 Å². The number of benzene rings is 2. The minimum absolute atomic E-state index is 0.146. The summed E-state index contributed by atoms with van der Waals surface area (Å²) in [6, 6.07) is 12.8. The molecule has 0 spiro atoms. The van der Waals surface area contributed by atoms with E-state index in [1.807, 2.05) is 18.2 Å². The van der Waals surface area contributed by atoms with Gasteiger partial charge in [-0.15, -0.1) is 0 Å². The van der Waals surface area contributed by atoms with Gasteiger partial charge in [0, 0.05) is 23.1 Å². The van der Waals surface area contributed by atoms with E-state index in [-0.39, 0.29) is 10.8 Å². The molecule has 3 rings (SSSR count). The molecular formula is C20H22Cl2N2O3S. The summed E-state index contributed by atoms with van der Waals surface area (Å²) in [6.45, 7) is 0.724. The molecule has 0 radical (unpaired) electrons. The molecule has 2 aromatic rings. The van der Waals surface area contributed by atoms with Gasteiger partial charge in [-0.2, -0.15) is 4.31 Å². The fourth-order valence-electron chi connectivity index (χ4n) is 3.34. The second-order valence-electron chi connectivity index (χ2n) is 6.71. The number of hydrogen-bond acceptors (Lipinski definition) is 3. The Kier molecular flexibility index (Phi) is 6.99. The molecule has 1 aliphatic rings. The SMILES string of the molecule is O=C(NCCc1ccccc1Cl)[C@H]1CCCCN1S(=O)(=O)c1ccc(Cl)cc1. The maximum atomic E-state index is 13.0. The smallest absolute Gasteiger partial charge is 0.243 e. The predicted molar refractivity (Wildman–Crippen MR) is 111 cm³/mol. The molecule has 2 aromatic carbocycles. The number of nitrogens with one attached hydrogen (secondary N) is 1. The number of halogens is 2. The van der Waals surface area contributed by atoms with Crippen LogP contribution in [-0.2, 0) is 21.2 Å². The third-order valence-electron chi connectivity index (χ3n) is 4.83. The Hall–Kier alpha value is -1.60. The van der Waals surface area contributed by atoms with Gasteiger partial charge in [0.2, 0.25) is 15.9 Å². The van der Waals surface area contributed by atoms with E-state index in [0.29, 0.717) is 36.0 Å². The van der Waals surface area contributed by atoms with Crippen LogP contribution in [-0.4, -0.2) is 37.8 Å². The van der Waals surface area contributed by atoms with Crippen molar-refractivity contribution in [3.05, 3.63) is 64.1 Å². The summed E-state index contributed by atoms with van der Waals surface area (Å²) in [5.41, 5.74) is 0.943. The molecule has 1 atom stereocenters. The van der Waals surface area contributed by atoms with E-state index in [2.05, 4.69) is 5.32 Å². The summed E-state index contributed by atoms with van der Waals surface area (Å²) in [4.78, 5) is 12.9. The highest BCUT2D eigenvalue weighted by molar-refractivity contribution is 7.89. The van der Waals surface area contributed by atoms with Gasteiger partial charge in [-0.05, 0) is 55.2 Å². The van der Waals surface area contributed by atoms with Crippen LogP contribution in [0.1, 0.15) is 24.8 Å². The van der Waals surface area contributed by atoms with Crippen LogP contribution >= 0.6 is 23.2 Å². The maximum Gasteiger partial charge on any atom is 0.243 e. The zero-order valence-electron chi connectivity index (χ0n) is 15.3. The van der Waals surface area contributed by atoms with Crippen LogP contribution in [0.25, 0.3) is 0 Å². The lowest BCUT2D eigenvalue weighted by Crippen LogP contribution is -2.52. The van der Waals surface area contributed by atoms with Gasteiger partial charge in [-0.1, -0.05) is 47.8 Å². The third kappa shape index (κ3) is 4.87. The molecule has 5 nitrogen and oxygen atoms in total. The first-order chi connectivity index (χ1) is 13.4. The van der Waals surface area contributed by atoms with Crippen molar-refractivity contribution in [3.63, 3.8) is 0 Å². The largest absolute Gasteiger partial charge is 0.354 e. The van der Waals surface area contributed by atoms with Crippen molar-refractivity contribution in [1.29, 1.82) is 0 Å². The van der Waals surface area contributed by atoms with E-state index >= 15 is 0 Å². The molecule has 8 heteroatoms. The van der Waals surface area contributed by atoms with Gasteiger partial charge in [0.15, 0.2) is 0 Å². The maximum absolute atomic E-state index is 13.0. The molecule has 1 fully saturated rings. The van der Waals surface area contributed by atoms with Crippen molar-refractivity contribution in [1.82, 2.24) is 9.62 Å². The van der Waals surface area contributed by atoms with Crippen molar-refractivity contribution < 1.29 is 13.2 Å². The first-order valence-corrected chi connectivity index (χ1v) is 11.4. The average molecular weight is 441 g/mol. The zero-order chi connectivity index (χ0) is 20.1. The average Bonchev–Trinajstić information content (AvgIpc) is 2.69. The molecule has 150 valence electrons. The normalized spacial score (nSPS) is 18.0. The molecule has 0 aromatic heterocycles. The Morgan fingerprint density at radius 3 is 2.50 bits per heavy atom. The number of rotatable bonds is 6. The molecular weight excluding hydrogens is 419 g/mol. The van der Waals surface area contributed by atoms with Crippen LogP contribution in [0.2, 0.25) is 10.0 Å². The second kappa shape index (κ2) is 9.27. The summed E-state index contributed by atoms with van der Waals surface area (Å²) in [7, 11) is -3.76. The third-order valence-corrected chi connectivity index (χ3v) is 7.37. The van der Waals surface area contributed by atoms with Crippen molar-refractivity contribution >= 4 is 39.1 Å². The Labute approximate surface area is 175 Å². The van der Waals surface area contributed by atoms with Gasteiger partial charge in [0.25, 0.3) is 0 Å². The number of carbonyl (C=O) groups is 1. The van der Waals surface area contributed by atoms with E-state index < -0.39 is 16.1 Å². The summed E-state index contributed by atoms with van der Waals surface area (Å²) in [5.74, 6) is -0.274. The Balaban J connectivity index is 1.69. The van der Waals surface area contributed by atoms with Crippen molar-refractivity contribution in [2.45, 2.75) is 36.6 Å². The number of carbonyl (C=O) groups excluding carboxylic acids is 1. The standard InChI is InChI=1S/C20H22Cl2N2O3S/c21-16-8-10-17(11-9-16)28(26,27)24-14-4-3-7-19(24)20(25)23-13-12-15-5-1-2-6-18(15)22/h1-2,5-6,8-11,19H,3-4,7,12-14H2,(H,23,25)/t19-/m1/s1. The van der Waals surface area contributed by atoms with Gasteiger partial charge >= 0.3 is 0 Å². The zero-order valence-corrected chi connectivity index (χ0v) is 17.6. The van der Waals surface area contributed by atoms with Crippen molar-refractivity contribution in [3.8, 4) is 0 Å². The summed E-state index contributed by atoms with van der Waals surface area (Å²) >= 11 is 12.0. The van der Waals surface area contributed by atoms with E-state index in [1.165, 1.54) is 28.6 Å². The number of nitrogens with zero attached hydrogens (tertiary/aromatic N) is 1. The lowest BCUT2D eigenvalue weighted by molar-refractivity contribution is -0.125. The predicted octanol–water partition coefficient (Wildman–Crippen LogP) is 3.90. The van der Waals surface area contributed by atoms with Crippen LogP contribution < -0.4 is 5.32 Å². The van der Waals surface area contributed by atoms with Crippen molar-refractivity contribution in [2.75, 3.05) is 13.1 Å². The molecule has 1 heterocycles. The number of sulfonamides is 1. The summed E-state index contributed by atoms with van der Waals surface area (Å²) in [6.07, 6.45) is 2.64. The molecule has 1 N–H and O–H groups in total. The molecule has 0 bridgehead atoms. The van der Waals surface area contributed by atoms with Gasteiger partial charge in [0.1, 0.15) is 6.04 Å². The Morgan fingerprint density at radius 1 is 1.07 bits per heavy atom. The summed E-state index contributed by atoms with van der Waals surface area (Å²) < 4.78 is 27.4. The van der Waals surface area contributed by atoms with E-state index in [4.69, 9.17) is 23.2 Å². The molecule has 28 heavy (non-hydrogen) atoms. The van der Waals surface area contributed by atoms with Gasteiger partial charge in [0.05, 0.1) is 4.90 Å². The van der Waals surface area contributed by atoms with Crippen LogP contribution in [0.15, 0.2) is 53.4 Å². The summed E-state index contributed by atoms with van der Waals surface area (Å²) in [5, 5.41) is 3.98. The number of piperidine rings is 1. The minimum atomic E-state index is -3.76. The van der Waals surface area contributed by atoms with Crippen LogP contribution in [0.4, 0.5) is 0 Å². The Bertz CT molecular complexity index is 933. The lowest BCUT2D eigenvalue weighted by Gasteiger charge is -2.33. The molecule has 1 aliphatic heterocycles. The molecule has 0 saturated carbocycles. The molecule has 1 amide bonds. The van der Waals surface area contributed by atoms with E-state index in [0.717, 1.165) is 18.4 Å². The quantitative estimate of drug-likeness (QED) is 0.740. The molecule has 1 saturated heterocycles. The molecule has 0 unspecified atom stereocenters. The number of amides is 1. The highest BCUT2D eigenvalue weighted by atomic mass is 35.5. The van der Waals surface area contributed by atoms with Gasteiger partial charge in [-0.3, -0.25) is 4.79 Å². The topological polar surface area (TPSA) is 66.5 Å². The van der Waals surface area contributed by atoms with Crippen molar-refractivity contribution in [2.24, 2.45) is 0 Å². The van der Waals surface area contributed by atoms with E-state index in [1.54, 1.807) is 6.07 Å². The first-order valence-electron chi connectivity index (χ1n) is 9.18. The van der Waals surface area contributed by atoms with E-state index in [9.17, 15) is 13.2 Å². The fourth-order valence-corrected chi connectivity index (χ4v) is 5.35. The fraction of sp³-hybridized carbons (Fsp3) is 0.350. The second-order valence-corrected chi connectivity index (χ2v) is 9.45. The van der Waals surface area contributed by atoms with Crippen LogP contribution in [0.3, 0.4) is 0 Å². The van der Waals surface area contributed by atoms with Crippen LogP contribution in [0.5, 0.6) is 0 Å². The Morgan fingerprint density at radius 2 is 1.79 bits per heavy atom. The first kappa shape index (κ1) is 21.1. The minimum Gasteiger partial charge on any atom is -0.354 e. The van der Waals surface area contributed by atoms with Crippen LogP contribution in [0, 0.1) is 0 Å². The monoisotopic (exact) mass is 440 g/mol. The lowest BCUT2D eigenvalue weighted by atomic mass is 10.0. The molecule has 0 aliphatic carbocycles. The highest BCUT2D eigenvalue weighted by Crippen LogP contribution is 2.26. The number of hydrogen-bond donors (Lipinski definition) is 1. The highest BCUT2D eigenvalue weighted by Gasteiger charge is 2.37.